The minimum Gasteiger partial charge on any atom is -0.344 e. The van der Waals surface area contributed by atoms with E-state index in [0.717, 1.165) is 86.1 Å². The molecule has 0 atom stereocenters. The fourth-order valence-corrected chi connectivity index (χ4v) is 10.8. The fraction of sp³-hybridized carbons (Fsp3) is 0.353. The number of fused-ring (bicyclic) bond motifs is 2. The lowest BCUT2D eigenvalue weighted by Crippen LogP contribution is -2.27. The first-order valence-electron chi connectivity index (χ1n) is 21.8. The summed E-state index contributed by atoms with van der Waals surface area (Å²) in [7, 11) is -8.15. The predicted molar refractivity (Wildman–Crippen MR) is 265 cm³/mol. The van der Waals surface area contributed by atoms with Crippen LogP contribution in [0.15, 0.2) is 132 Å². The van der Waals surface area contributed by atoms with Crippen molar-refractivity contribution in [2.24, 2.45) is 0 Å². The van der Waals surface area contributed by atoms with E-state index in [0.29, 0.717) is 48.8 Å². The zero-order valence-corrected chi connectivity index (χ0v) is 40.5. The van der Waals surface area contributed by atoms with Crippen LogP contribution in [0.1, 0.15) is 88.5 Å². The van der Waals surface area contributed by atoms with Crippen LogP contribution >= 0.6 is 23.2 Å². The molecule has 1 fully saturated rings. The van der Waals surface area contributed by atoms with E-state index in [4.69, 9.17) is 23.2 Å². The highest BCUT2D eigenvalue weighted by Crippen LogP contribution is 2.50. The highest BCUT2D eigenvalue weighted by molar-refractivity contribution is 7.86. The van der Waals surface area contributed by atoms with E-state index in [9.17, 15) is 25.9 Å². The highest BCUT2D eigenvalue weighted by Gasteiger charge is 2.42. The molecule has 9 nitrogen and oxygen atoms in total. The van der Waals surface area contributed by atoms with Gasteiger partial charge in [-0.25, -0.2) is 0 Å². The summed E-state index contributed by atoms with van der Waals surface area (Å²) in [4.78, 5) is 4.52. The molecule has 2 N–H and O–H groups in total. The maximum Gasteiger partial charge on any atom is 0.264 e. The molecule has 2 heterocycles. The molecule has 0 aromatic heterocycles. The molecule has 0 bridgehead atoms. The van der Waals surface area contributed by atoms with Crippen molar-refractivity contribution in [3.63, 3.8) is 0 Å². The van der Waals surface area contributed by atoms with Crippen LogP contribution in [-0.4, -0.2) is 56.2 Å². The topological polar surface area (TPSA) is 118 Å². The van der Waals surface area contributed by atoms with Gasteiger partial charge >= 0.3 is 0 Å². The summed E-state index contributed by atoms with van der Waals surface area (Å²) in [6.45, 7) is 14.1. The third kappa shape index (κ3) is 10.5. The Kier molecular flexibility index (Phi) is 13.9. The average molecular weight is 944 g/mol. The molecular formula is C51H58Cl2N3O6S2+. The van der Waals surface area contributed by atoms with Crippen molar-refractivity contribution in [1.82, 2.24) is 4.58 Å². The van der Waals surface area contributed by atoms with Gasteiger partial charge in [0, 0.05) is 92.1 Å². The van der Waals surface area contributed by atoms with Gasteiger partial charge in [-0.05, 0) is 112 Å². The second kappa shape index (κ2) is 18.8. The first kappa shape index (κ1) is 47.5. The number of rotatable bonds is 14. The first-order chi connectivity index (χ1) is 30.1. The summed E-state index contributed by atoms with van der Waals surface area (Å²) in [5.74, 6) is -0.581. The van der Waals surface area contributed by atoms with Gasteiger partial charge in [0.25, 0.3) is 20.2 Å². The maximum atomic E-state index is 11.6. The van der Waals surface area contributed by atoms with Gasteiger partial charge < -0.3 is 9.80 Å². The monoisotopic (exact) mass is 942 g/mol. The Morgan fingerprint density at radius 3 is 1.31 bits per heavy atom. The average Bonchev–Trinajstić information content (AvgIpc) is 3.77. The molecule has 13 heteroatoms. The maximum absolute atomic E-state index is 11.6. The quantitative estimate of drug-likeness (QED) is 0.0729. The molecule has 3 aliphatic rings. The lowest BCUT2D eigenvalue weighted by molar-refractivity contribution is 0.478. The van der Waals surface area contributed by atoms with Crippen LogP contribution in [0.4, 0.5) is 22.7 Å². The summed E-state index contributed by atoms with van der Waals surface area (Å²) in [6.07, 6.45) is 12.2. The molecule has 2 aliphatic heterocycles. The van der Waals surface area contributed by atoms with Gasteiger partial charge in [0.2, 0.25) is 17.1 Å². The highest BCUT2D eigenvalue weighted by atomic mass is 35.5. The molecule has 4 aromatic carbocycles. The summed E-state index contributed by atoms with van der Waals surface area (Å²) < 4.78 is 67.7. The van der Waals surface area contributed by atoms with Crippen LogP contribution in [0, 0.1) is 13.8 Å². The number of hydrogen-bond donors (Lipinski definition) is 2. The van der Waals surface area contributed by atoms with Gasteiger partial charge in [-0.2, -0.15) is 21.4 Å². The normalized spacial score (nSPS) is 19.4. The van der Waals surface area contributed by atoms with Crippen molar-refractivity contribution in [2.75, 3.05) is 34.4 Å². The smallest absolute Gasteiger partial charge is 0.264 e. The van der Waals surface area contributed by atoms with E-state index in [2.05, 4.69) is 129 Å². The fourth-order valence-electron chi connectivity index (χ4n) is 9.36. The Morgan fingerprint density at radius 1 is 0.578 bits per heavy atom. The number of unbranched alkanes of at least 4 members (excludes halogenated alkanes) is 2. The molecule has 0 amide bonds. The number of allylic oxidation sites excluding steroid dienone is 8. The zero-order chi connectivity index (χ0) is 46.2. The van der Waals surface area contributed by atoms with Crippen LogP contribution in [0.25, 0.3) is 0 Å². The Labute approximate surface area is 389 Å². The van der Waals surface area contributed by atoms with E-state index in [1.54, 1.807) is 0 Å². The summed E-state index contributed by atoms with van der Waals surface area (Å²) in [5.41, 5.74) is 13.3. The molecule has 0 unspecified atom stereocenters. The van der Waals surface area contributed by atoms with Crippen molar-refractivity contribution in [3.05, 3.63) is 164 Å². The Bertz CT molecular complexity index is 2630. The second-order valence-corrected chi connectivity index (χ2v) is 22.2. The molecule has 1 aliphatic carbocycles. The number of halogens is 2. The molecule has 7 rings (SSSR count). The van der Waals surface area contributed by atoms with Crippen LogP contribution in [0.3, 0.4) is 0 Å². The van der Waals surface area contributed by atoms with Crippen molar-refractivity contribution in [1.29, 1.82) is 0 Å². The second-order valence-electron chi connectivity index (χ2n) is 18.2. The lowest BCUT2D eigenvalue weighted by Gasteiger charge is -2.27. The van der Waals surface area contributed by atoms with E-state index in [1.165, 1.54) is 0 Å². The van der Waals surface area contributed by atoms with Gasteiger partial charge in [0.15, 0.2) is 0 Å². The van der Waals surface area contributed by atoms with Crippen LogP contribution in [0.5, 0.6) is 0 Å². The minimum absolute atomic E-state index is 0.291. The van der Waals surface area contributed by atoms with E-state index >= 15 is 0 Å². The molecular weight excluding hydrogens is 886 g/mol. The van der Waals surface area contributed by atoms with Crippen LogP contribution < -0.4 is 14.4 Å². The van der Waals surface area contributed by atoms with Gasteiger partial charge in [0.05, 0.1) is 11.5 Å². The Balaban J connectivity index is 1.39. The molecule has 1 saturated carbocycles. The molecule has 64 heavy (non-hydrogen) atoms. The molecule has 4 aromatic rings. The van der Waals surface area contributed by atoms with Gasteiger partial charge in [-0.1, -0.05) is 98.4 Å². The first-order valence-corrected chi connectivity index (χ1v) is 25.8. The van der Waals surface area contributed by atoms with Crippen LogP contribution in [-0.2, 0) is 31.1 Å². The van der Waals surface area contributed by atoms with Crippen molar-refractivity contribution >= 4 is 71.9 Å². The standard InChI is InChI=1S/C51H57Cl2N3O6S2/c1-35-11-21-41(22-12-35)56(42-23-13-36(2)14-24-42)49-37(17-27-47-50(3,4)43-33-39(52)19-25-45(43)54(47)29-7-9-31-63(57,58)59)15-16-38(49)18-28-48-51(5,6)44-34-40(53)20-26-46(44)55(48)30-8-10-32-64(60,61)62/h11-14,17-28,33-34H,7-10,15-16,29-32H2,1-6H3,(H-,57,58,59,60,61,62)/p+1. The number of anilines is 2. The SMILES string of the molecule is Cc1ccc([N+](=C2C(=CC=C3N(CCCCS(=O)(=O)O)c4ccc(Cl)cc4C3(C)C)CC/C2=C\C=C2\N(CCCCS(=O)(=O)O)c3ccc(Cl)cc3C2(C)C)c2ccc(C)cc2)cc1. The number of hydrogen-bond acceptors (Lipinski definition) is 6. The van der Waals surface area contributed by atoms with E-state index in [1.807, 2.05) is 36.4 Å². The Hall–Kier alpha value is -4.49. The van der Waals surface area contributed by atoms with E-state index < -0.39 is 31.1 Å². The van der Waals surface area contributed by atoms with Crippen molar-refractivity contribution < 1.29 is 25.9 Å². The molecule has 0 radical (unpaired) electrons. The van der Waals surface area contributed by atoms with Crippen molar-refractivity contribution in [3.8, 4) is 0 Å². The lowest BCUT2D eigenvalue weighted by atomic mass is 9.83. The third-order valence-electron chi connectivity index (χ3n) is 12.7. The van der Waals surface area contributed by atoms with Gasteiger partial charge in [-0.15, -0.1) is 0 Å². The predicted octanol–water partition coefficient (Wildman–Crippen LogP) is 12.2. The Morgan fingerprint density at radius 2 is 0.953 bits per heavy atom. The zero-order valence-electron chi connectivity index (χ0n) is 37.4. The van der Waals surface area contributed by atoms with E-state index in [-0.39, 0.29) is 11.5 Å². The third-order valence-corrected chi connectivity index (χ3v) is 14.8. The molecule has 0 spiro atoms. The number of aryl methyl sites for hydroxylation is 2. The molecule has 0 saturated heterocycles. The summed E-state index contributed by atoms with van der Waals surface area (Å²) in [5, 5.41) is 1.29. The van der Waals surface area contributed by atoms with Gasteiger partial charge in [0.1, 0.15) is 0 Å². The number of nitrogens with zero attached hydrogens (tertiary/aromatic N) is 3. The number of benzene rings is 4. The summed E-state index contributed by atoms with van der Waals surface area (Å²) >= 11 is 13.2. The summed E-state index contributed by atoms with van der Waals surface area (Å²) in [6, 6.07) is 29.1. The van der Waals surface area contributed by atoms with Crippen molar-refractivity contribution in [2.45, 2.75) is 90.9 Å². The van der Waals surface area contributed by atoms with Crippen LogP contribution in [0.2, 0.25) is 10.0 Å². The minimum atomic E-state index is -4.07. The molecule has 338 valence electrons. The van der Waals surface area contributed by atoms with Gasteiger partial charge in [-0.3, -0.25) is 9.11 Å². The largest absolute Gasteiger partial charge is 0.344 e.